The first-order valence-corrected chi connectivity index (χ1v) is 24.8. The average molecular weight is 746 g/mol. The van der Waals surface area contributed by atoms with E-state index in [1.807, 2.05) is 0 Å². The van der Waals surface area contributed by atoms with Crippen molar-refractivity contribution in [3.8, 4) is 0 Å². The summed E-state index contributed by atoms with van der Waals surface area (Å²) < 4.78 is 0. The Morgan fingerprint density at radius 1 is 0.704 bits per heavy atom. The second kappa shape index (κ2) is 19.4. The molecule has 1 nitrogen and oxygen atoms in total. The van der Waals surface area contributed by atoms with E-state index in [1.54, 1.807) is 19.1 Å². The van der Waals surface area contributed by atoms with Crippen LogP contribution >= 0.6 is 0 Å². The van der Waals surface area contributed by atoms with E-state index in [4.69, 9.17) is 5.41 Å². The van der Waals surface area contributed by atoms with Crippen LogP contribution in [0, 0.1) is 105 Å². The number of hydrogen-bond acceptors (Lipinski definition) is 1. The first-order chi connectivity index (χ1) is 25.7. The van der Waals surface area contributed by atoms with Crippen LogP contribution in [0.3, 0.4) is 0 Å². The molecular formula is C53H95N. The molecule has 5 aliphatic rings. The van der Waals surface area contributed by atoms with Crippen LogP contribution in [0.1, 0.15) is 217 Å². The van der Waals surface area contributed by atoms with Gasteiger partial charge in [0.25, 0.3) is 0 Å². The van der Waals surface area contributed by atoms with Crippen LogP contribution in [0.4, 0.5) is 0 Å². The van der Waals surface area contributed by atoms with Crippen molar-refractivity contribution in [1.82, 2.24) is 0 Å². The third-order valence-electron chi connectivity index (χ3n) is 18.5. The number of rotatable bonds is 20. The van der Waals surface area contributed by atoms with Crippen LogP contribution in [0.25, 0.3) is 0 Å². The highest BCUT2D eigenvalue weighted by atomic mass is 14.8. The van der Waals surface area contributed by atoms with Gasteiger partial charge in [0.05, 0.1) is 0 Å². The summed E-state index contributed by atoms with van der Waals surface area (Å²) in [4.78, 5) is 0. The summed E-state index contributed by atoms with van der Waals surface area (Å²) in [5.74, 6) is 12.7. The quantitative estimate of drug-likeness (QED) is 0.0729. The molecule has 0 bridgehead atoms. The van der Waals surface area contributed by atoms with Gasteiger partial charge >= 0.3 is 0 Å². The Morgan fingerprint density at radius 2 is 1.39 bits per heavy atom. The van der Waals surface area contributed by atoms with E-state index >= 15 is 0 Å². The summed E-state index contributed by atoms with van der Waals surface area (Å²) >= 11 is 0. The fraction of sp³-hybridized carbons (Fsp3) is 0.943. The predicted octanol–water partition coefficient (Wildman–Crippen LogP) is 16.6. The zero-order chi connectivity index (χ0) is 39.3. The Hall–Kier alpha value is -0.590. The molecule has 0 aromatic heterocycles. The number of unbranched alkanes of at least 4 members (excludes halogenated alkanes) is 3. The van der Waals surface area contributed by atoms with Crippen molar-refractivity contribution < 1.29 is 0 Å². The SMILES string of the molecule is CCC=CCC(C)CC(C)CCC(C)CC(CCCCCC=N)C1C(C)CCC(C)(CC)CC(C2C(C3CC(C)CC4CC4(C)CCC3C)C23CC3)C1C. The van der Waals surface area contributed by atoms with Gasteiger partial charge in [-0.2, -0.15) is 0 Å². The van der Waals surface area contributed by atoms with E-state index in [9.17, 15) is 0 Å². The minimum Gasteiger partial charge on any atom is -0.313 e. The topological polar surface area (TPSA) is 23.9 Å². The van der Waals surface area contributed by atoms with E-state index in [2.05, 4.69) is 88.3 Å². The summed E-state index contributed by atoms with van der Waals surface area (Å²) in [6.07, 6.45) is 37.3. The third-order valence-corrected chi connectivity index (χ3v) is 18.5. The lowest BCUT2D eigenvalue weighted by atomic mass is 9.58. The smallest absolute Gasteiger partial charge is 0.00477 e. The zero-order valence-corrected chi connectivity index (χ0v) is 38.4. The van der Waals surface area contributed by atoms with E-state index in [0.717, 1.165) is 94.7 Å². The molecule has 5 aliphatic carbocycles. The molecule has 5 saturated carbocycles. The molecule has 16 atom stereocenters. The molecular weight excluding hydrogens is 651 g/mol. The molecule has 5 fully saturated rings. The van der Waals surface area contributed by atoms with Gasteiger partial charge in [0.15, 0.2) is 0 Å². The second-order valence-corrected chi connectivity index (χ2v) is 23.2. The van der Waals surface area contributed by atoms with Crippen LogP contribution < -0.4 is 0 Å². The first kappa shape index (κ1) is 44.5. The standard InChI is InChI=1S/C53H95N/c1-12-14-17-20-37(3)31-38(4)22-23-39(5)32-44(21-18-15-16-19-30-54)48-42(8)24-26-51(10,13-2)36-47(43(48)9)50-49(53(50)28-29-53)46-34-40(6)33-45-35-52(45,11)27-25-41(46)7/h14,17,30,37-50,54H,12-13,15-16,18-29,31-36H2,1-11H3. The summed E-state index contributed by atoms with van der Waals surface area (Å²) in [5.41, 5.74) is 1.94. The monoisotopic (exact) mass is 746 g/mol. The number of allylic oxidation sites excluding steroid dienone is 2. The second-order valence-electron chi connectivity index (χ2n) is 23.2. The third kappa shape index (κ3) is 11.1. The van der Waals surface area contributed by atoms with Gasteiger partial charge in [-0.05, 0) is 208 Å². The summed E-state index contributed by atoms with van der Waals surface area (Å²) in [7, 11) is 0. The molecule has 0 aromatic carbocycles. The number of fused-ring (bicyclic) bond motifs is 1. The van der Waals surface area contributed by atoms with Gasteiger partial charge in [-0.3, -0.25) is 0 Å². The van der Waals surface area contributed by atoms with Crippen molar-refractivity contribution in [3.05, 3.63) is 12.2 Å². The lowest BCUT2D eigenvalue weighted by molar-refractivity contribution is 0.0190. The molecule has 0 aromatic rings. The van der Waals surface area contributed by atoms with Gasteiger partial charge in [-0.25, -0.2) is 0 Å². The maximum Gasteiger partial charge on any atom is -0.00477 e. The predicted molar refractivity (Wildman–Crippen MR) is 238 cm³/mol. The van der Waals surface area contributed by atoms with Crippen molar-refractivity contribution >= 4 is 6.21 Å². The van der Waals surface area contributed by atoms with Gasteiger partial charge in [0, 0.05) is 0 Å². The molecule has 54 heavy (non-hydrogen) atoms. The van der Waals surface area contributed by atoms with Crippen LogP contribution in [0.2, 0.25) is 0 Å². The van der Waals surface area contributed by atoms with E-state index < -0.39 is 0 Å². The van der Waals surface area contributed by atoms with E-state index in [0.29, 0.717) is 10.8 Å². The van der Waals surface area contributed by atoms with Crippen molar-refractivity contribution in [2.24, 2.45) is 99.1 Å². The molecule has 0 saturated heterocycles. The van der Waals surface area contributed by atoms with Crippen molar-refractivity contribution in [3.63, 3.8) is 0 Å². The van der Waals surface area contributed by atoms with Crippen molar-refractivity contribution in [1.29, 1.82) is 5.41 Å². The van der Waals surface area contributed by atoms with Gasteiger partial charge in [-0.1, -0.05) is 127 Å². The lowest BCUT2D eigenvalue weighted by Gasteiger charge is -2.47. The summed E-state index contributed by atoms with van der Waals surface area (Å²) in [5, 5.41) is 7.63. The van der Waals surface area contributed by atoms with Crippen LogP contribution in [0.15, 0.2) is 12.2 Å². The van der Waals surface area contributed by atoms with Crippen LogP contribution in [-0.2, 0) is 0 Å². The largest absolute Gasteiger partial charge is 0.313 e. The molecule has 16 unspecified atom stereocenters. The summed E-state index contributed by atoms with van der Waals surface area (Å²) in [6.45, 7) is 28.8. The molecule has 0 radical (unpaired) electrons. The first-order valence-electron chi connectivity index (χ1n) is 24.8. The molecule has 1 spiro atoms. The van der Waals surface area contributed by atoms with Crippen molar-refractivity contribution in [2.45, 2.75) is 217 Å². The van der Waals surface area contributed by atoms with Crippen molar-refractivity contribution in [2.75, 3.05) is 0 Å². The minimum atomic E-state index is 0.518. The Balaban J connectivity index is 1.34. The highest BCUT2D eigenvalue weighted by molar-refractivity contribution is 5.52. The van der Waals surface area contributed by atoms with E-state index in [-0.39, 0.29) is 0 Å². The average Bonchev–Trinajstić information content (AvgIpc) is 4.09. The highest BCUT2D eigenvalue weighted by Gasteiger charge is 2.75. The maximum atomic E-state index is 7.63. The highest BCUT2D eigenvalue weighted by Crippen LogP contribution is 2.82. The number of nitrogens with one attached hydrogen (secondary N) is 1. The summed E-state index contributed by atoms with van der Waals surface area (Å²) in [6, 6.07) is 0. The Labute approximate surface area is 339 Å². The van der Waals surface area contributed by atoms with Gasteiger partial charge < -0.3 is 5.41 Å². The minimum absolute atomic E-state index is 0.518. The molecule has 0 amide bonds. The Morgan fingerprint density at radius 3 is 2.06 bits per heavy atom. The number of hydrogen-bond donors (Lipinski definition) is 1. The molecule has 1 heteroatoms. The van der Waals surface area contributed by atoms with E-state index in [1.165, 1.54) is 122 Å². The van der Waals surface area contributed by atoms with Gasteiger partial charge in [-0.15, -0.1) is 0 Å². The molecule has 1 N–H and O–H groups in total. The van der Waals surface area contributed by atoms with Crippen LogP contribution in [0.5, 0.6) is 0 Å². The van der Waals surface area contributed by atoms with Crippen LogP contribution in [-0.4, -0.2) is 6.21 Å². The molecule has 0 aliphatic heterocycles. The molecule has 312 valence electrons. The fourth-order valence-corrected chi connectivity index (χ4v) is 14.5. The van der Waals surface area contributed by atoms with Gasteiger partial charge in [0.1, 0.15) is 0 Å². The normalized spacial score (nSPS) is 41.4. The zero-order valence-electron chi connectivity index (χ0n) is 38.4. The maximum absolute atomic E-state index is 7.63. The molecule has 5 rings (SSSR count). The van der Waals surface area contributed by atoms with Gasteiger partial charge in [0.2, 0.25) is 0 Å². The Kier molecular flexibility index (Phi) is 16.0. The Bertz CT molecular complexity index is 1160. The molecule has 0 heterocycles. The lowest BCUT2D eigenvalue weighted by Crippen LogP contribution is -2.39. The fourth-order valence-electron chi connectivity index (χ4n) is 14.5.